The summed E-state index contributed by atoms with van der Waals surface area (Å²) in [6, 6.07) is 10.3. The van der Waals surface area contributed by atoms with Crippen LogP contribution in [-0.2, 0) is 6.42 Å². The molecule has 24 heavy (non-hydrogen) atoms. The summed E-state index contributed by atoms with van der Waals surface area (Å²) in [6.45, 7) is 2.63. The van der Waals surface area contributed by atoms with E-state index in [1.54, 1.807) is 6.07 Å². The zero-order chi connectivity index (χ0) is 16.5. The highest BCUT2D eigenvalue weighted by Gasteiger charge is 2.26. The first-order chi connectivity index (χ1) is 11.7. The van der Waals surface area contributed by atoms with Crippen LogP contribution in [0.4, 0.5) is 11.6 Å². The molecule has 1 saturated carbocycles. The molecule has 0 bridgehead atoms. The summed E-state index contributed by atoms with van der Waals surface area (Å²) in [4.78, 5) is 23.7. The standard InChI is InChI=1S/C19H22N4O/c1-13-12-16(22-19(20-13)21-15-7-3-4-8-15)18(24)23-11-10-14-6-2-5-9-17(14)23/h2,5-6,9,12,15H,3-4,7-8,10-11H2,1H3,(H,20,21,22). The first-order valence-corrected chi connectivity index (χ1v) is 8.73. The van der Waals surface area contributed by atoms with Gasteiger partial charge in [0.05, 0.1) is 0 Å². The number of carbonyl (C=O) groups excluding carboxylic acids is 1. The topological polar surface area (TPSA) is 58.1 Å². The fourth-order valence-electron chi connectivity index (χ4n) is 3.68. The number of amides is 1. The Balaban J connectivity index is 1.59. The Kier molecular flexibility index (Phi) is 3.92. The maximum atomic E-state index is 13.0. The summed E-state index contributed by atoms with van der Waals surface area (Å²) in [7, 11) is 0. The van der Waals surface area contributed by atoms with Crippen molar-refractivity contribution in [3.63, 3.8) is 0 Å². The number of para-hydroxylation sites is 1. The molecule has 1 aromatic heterocycles. The van der Waals surface area contributed by atoms with Crippen LogP contribution in [0.25, 0.3) is 0 Å². The summed E-state index contributed by atoms with van der Waals surface area (Å²) >= 11 is 0. The van der Waals surface area contributed by atoms with Crippen molar-refractivity contribution < 1.29 is 4.79 Å². The summed E-state index contributed by atoms with van der Waals surface area (Å²) in [5.74, 6) is 0.539. The Morgan fingerprint density at radius 3 is 2.83 bits per heavy atom. The van der Waals surface area contributed by atoms with E-state index in [1.807, 2.05) is 30.0 Å². The molecule has 1 aliphatic heterocycles. The molecule has 124 valence electrons. The number of anilines is 2. The number of nitrogens with one attached hydrogen (secondary N) is 1. The average Bonchev–Trinajstić information content (AvgIpc) is 3.23. The molecule has 0 spiro atoms. The van der Waals surface area contributed by atoms with E-state index in [0.29, 0.717) is 24.2 Å². The molecule has 0 saturated heterocycles. The molecule has 1 aromatic carbocycles. The predicted octanol–water partition coefficient (Wildman–Crippen LogP) is 3.34. The van der Waals surface area contributed by atoms with Crippen LogP contribution in [0, 0.1) is 6.92 Å². The number of aromatic nitrogens is 2. The normalized spacial score (nSPS) is 17.1. The molecule has 2 heterocycles. The second kappa shape index (κ2) is 6.23. The third kappa shape index (κ3) is 2.86. The third-order valence-electron chi connectivity index (χ3n) is 4.89. The van der Waals surface area contributed by atoms with E-state index in [4.69, 9.17) is 0 Å². The second-order valence-electron chi connectivity index (χ2n) is 6.68. The Hall–Kier alpha value is -2.43. The van der Waals surface area contributed by atoms with Gasteiger partial charge in [-0.3, -0.25) is 4.79 Å². The lowest BCUT2D eigenvalue weighted by Crippen LogP contribution is -2.30. The van der Waals surface area contributed by atoms with Crippen molar-refractivity contribution >= 4 is 17.5 Å². The average molecular weight is 322 g/mol. The predicted molar refractivity (Wildman–Crippen MR) is 94.5 cm³/mol. The van der Waals surface area contributed by atoms with Gasteiger partial charge >= 0.3 is 0 Å². The fraction of sp³-hybridized carbons (Fsp3) is 0.421. The molecule has 2 aliphatic rings. The van der Waals surface area contributed by atoms with Crippen LogP contribution in [0.3, 0.4) is 0 Å². The Bertz CT molecular complexity index is 768. The number of hydrogen-bond donors (Lipinski definition) is 1. The van der Waals surface area contributed by atoms with E-state index in [-0.39, 0.29) is 5.91 Å². The van der Waals surface area contributed by atoms with E-state index in [1.165, 1.54) is 18.4 Å². The van der Waals surface area contributed by atoms with Crippen molar-refractivity contribution in [1.29, 1.82) is 0 Å². The van der Waals surface area contributed by atoms with Gasteiger partial charge in [-0.2, -0.15) is 0 Å². The largest absolute Gasteiger partial charge is 0.351 e. The highest BCUT2D eigenvalue weighted by molar-refractivity contribution is 6.06. The SMILES string of the molecule is Cc1cc(C(=O)N2CCc3ccccc32)nc(NC2CCCC2)n1. The van der Waals surface area contributed by atoms with Gasteiger partial charge in [0.15, 0.2) is 0 Å². The number of rotatable bonds is 3. The molecule has 4 rings (SSSR count). The first-order valence-electron chi connectivity index (χ1n) is 8.73. The van der Waals surface area contributed by atoms with Crippen molar-refractivity contribution in [2.24, 2.45) is 0 Å². The summed E-state index contributed by atoms with van der Waals surface area (Å²) in [5, 5.41) is 3.39. The number of benzene rings is 1. The molecule has 5 heteroatoms. The molecule has 0 unspecified atom stereocenters. The van der Waals surface area contributed by atoms with Crippen LogP contribution in [0.5, 0.6) is 0 Å². The molecule has 1 amide bonds. The van der Waals surface area contributed by atoms with Crippen LogP contribution in [0.15, 0.2) is 30.3 Å². The lowest BCUT2D eigenvalue weighted by Gasteiger charge is -2.18. The highest BCUT2D eigenvalue weighted by atomic mass is 16.2. The maximum Gasteiger partial charge on any atom is 0.277 e. The molecule has 2 aromatic rings. The molecule has 0 atom stereocenters. The van der Waals surface area contributed by atoms with Gasteiger partial charge in [0.2, 0.25) is 5.95 Å². The van der Waals surface area contributed by atoms with Crippen LogP contribution in [-0.4, -0.2) is 28.5 Å². The first kappa shape index (κ1) is 15.1. The lowest BCUT2D eigenvalue weighted by molar-refractivity contribution is 0.0984. The van der Waals surface area contributed by atoms with E-state index in [2.05, 4.69) is 21.4 Å². The van der Waals surface area contributed by atoms with Gasteiger partial charge in [-0.1, -0.05) is 31.0 Å². The van der Waals surface area contributed by atoms with Crippen molar-refractivity contribution in [1.82, 2.24) is 9.97 Å². The molecule has 1 aliphatic carbocycles. The maximum absolute atomic E-state index is 13.0. The Morgan fingerprint density at radius 2 is 2.00 bits per heavy atom. The minimum atomic E-state index is -0.0417. The van der Waals surface area contributed by atoms with Gasteiger partial charge in [-0.15, -0.1) is 0 Å². The number of carbonyl (C=O) groups is 1. The van der Waals surface area contributed by atoms with Gasteiger partial charge in [0.25, 0.3) is 5.91 Å². The van der Waals surface area contributed by atoms with E-state index >= 15 is 0 Å². The van der Waals surface area contributed by atoms with Crippen molar-refractivity contribution in [3.05, 3.63) is 47.3 Å². The van der Waals surface area contributed by atoms with Gasteiger partial charge in [0.1, 0.15) is 5.69 Å². The minimum absolute atomic E-state index is 0.0417. The quantitative estimate of drug-likeness (QED) is 0.941. The van der Waals surface area contributed by atoms with E-state index in [9.17, 15) is 4.79 Å². The second-order valence-corrected chi connectivity index (χ2v) is 6.68. The van der Waals surface area contributed by atoms with Crippen LogP contribution in [0.1, 0.15) is 47.4 Å². The molecule has 1 fully saturated rings. The van der Waals surface area contributed by atoms with Crippen molar-refractivity contribution in [3.8, 4) is 0 Å². The van der Waals surface area contributed by atoms with Gasteiger partial charge in [0, 0.05) is 24.0 Å². The van der Waals surface area contributed by atoms with Crippen LogP contribution in [0.2, 0.25) is 0 Å². The summed E-state index contributed by atoms with van der Waals surface area (Å²) < 4.78 is 0. The lowest BCUT2D eigenvalue weighted by atomic mass is 10.2. The van der Waals surface area contributed by atoms with Gasteiger partial charge in [-0.05, 0) is 43.9 Å². The van der Waals surface area contributed by atoms with Crippen molar-refractivity contribution in [2.45, 2.75) is 45.1 Å². The zero-order valence-electron chi connectivity index (χ0n) is 14.0. The van der Waals surface area contributed by atoms with Gasteiger partial charge in [-0.25, -0.2) is 9.97 Å². The monoisotopic (exact) mass is 322 g/mol. The number of hydrogen-bond acceptors (Lipinski definition) is 4. The third-order valence-corrected chi connectivity index (χ3v) is 4.89. The smallest absolute Gasteiger partial charge is 0.277 e. The van der Waals surface area contributed by atoms with E-state index in [0.717, 1.165) is 30.6 Å². The summed E-state index contributed by atoms with van der Waals surface area (Å²) in [5.41, 5.74) is 3.52. The minimum Gasteiger partial charge on any atom is -0.351 e. The Labute approximate surface area is 142 Å². The van der Waals surface area contributed by atoms with E-state index < -0.39 is 0 Å². The van der Waals surface area contributed by atoms with Crippen molar-refractivity contribution in [2.75, 3.05) is 16.8 Å². The van der Waals surface area contributed by atoms with Crippen LogP contribution < -0.4 is 10.2 Å². The molecular formula is C19H22N4O. The Morgan fingerprint density at radius 1 is 1.21 bits per heavy atom. The zero-order valence-corrected chi connectivity index (χ0v) is 14.0. The fourth-order valence-corrected chi connectivity index (χ4v) is 3.68. The number of fused-ring (bicyclic) bond motifs is 1. The molecule has 1 N–H and O–H groups in total. The van der Waals surface area contributed by atoms with Crippen LogP contribution >= 0.6 is 0 Å². The number of nitrogens with zero attached hydrogens (tertiary/aromatic N) is 3. The summed E-state index contributed by atoms with van der Waals surface area (Å²) in [6.07, 6.45) is 5.71. The number of aryl methyl sites for hydroxylation is 1. The van der Waals surface area contributed by atoms with Gasteiger partial charge < -0.3 is 10.2 Å². The highest BCUT2D eigenvalue weighted by Crippen LogP contribution is 2.29. The molecular weight excluding hydrogens is 300 g/mol. The molecule has 5 nitrogen and oxygen atoms in total. The molecule has 0 radical (unpaired) electrons.